The Hall–Kier alpha value is -0.790. The molecule has 0 aliphatic rings. The molecule has 218 valence electrons. The number of imidazole rings is 1. The highest BCUT2D eigenvalue weighted by atomic mass is 15.1. The third kappa shape index (κ3) is 18.2. The molecule has 1 aromatic rings. The Kier molecular flexibility index (Phi) is 23.6. The molecule has 2 atom stereocenters. The first-order valence-corrected chi connectivity index (χ1v) is 17.3. The van der Waals surface area contributed by atoms with Crippen LogP contribution in [-0.2, 0) is 0 Å². The summed E-state index contributed by atoms with van der Waals surface area (Å²) in [6, 6.07) is 0.622. The fourth-order valence-electron chi connectivity index (χ4n) is 6.07. The van der Waals surface area contributed by atoms with Crippen molar-refractivity contribution in [2.45, 2.75) is 207 Å². The van der Waals surface area contributed by atoms with E-state index >= 15 is 0 Å². The van der Waals surface area contributed by atoms with Gasteiger partial charge >= 0.3 is 0 Å². The molecular weight excluding hydrogens is 448 g/mol. The predicted molar refractivity (Wildman–Crippen MR) is 166 cm³/mol. The molecule has 0 spiro atoms. The molecule has 0 fully saturated rings. The molecule has 1 rings (SSSR count). The maximum absolute atomic E-state index is 3.72. The summed E-state index contributed by atoms with van der Waals surface area (Å²) in [6.07, 6.45) is 41.2. The molecule has 0 aliphatic carbocycles. The fraction of sp³-hybridized carbons (Fsp3) is 0.914. The van der Waals surface area contributed by atoms with Crippen LogP contribution in [0.2, 0.25) is 0 Å². The lowest BCUT2D eigenvalue weighted by Crippen LogP contribution is -2.41. The quantitative estimate of drug-likeness (QED) is 0.0842. The van der Waals surface area contributed by atoms with Gasteiger partial charge < -0.3 is 0 Å². The van der Waals surface area contributed by atoms with E-state index in [1.54, 1.807) is 0 Å². The first-order chi connectivity index (χ1) is 18.2. The van der Waals surface area contributed by atoms with Gasteiger partial charge in [0.15, 0.2) is 0 Å². The molecule has 0 aliphatic heterocycles. The van der Waals surface area contributed by atoms with Crippen LogP contribution in [-0.4, -0.2) is 4.98 Å². The van der Waals surface area contributed by atoms with Crippen LogP contribution in [0, 0.1) is 0 Å². The molecule has 0 saturated heterocycles. The average molecular weight is 518 g/mol. The molecule has 1 aromatic heterocycles. The van der Waals surface area contributed by atoms with E-state index in [0.29, 0.717) is 12.0 Å². The molecule has 0 amide bonds. The lowest BCUT2D eigenvalue weighted by atomic mass is 9.92. The second kappa shape index (κ2) is 25.5. The minimum atomic E-state index is 0.622. The van der Waals surface area contributed by atoms with Gasteiger partial charge in [0.1, 0.15) is 12.4 Å². The second-order valence-electron chi connectivity index (χ2n) is 12.2. The van der Waals surface area contributed by atoms with Crippen LogP contribution in [0.15, 0.2) is 12.4 Å². The number of nitrogens with zero attached hydrogens (tertiary/aromatic N) is 1. The van der Waals surface area contributed by atoms with Gasteiger partial charge in [-0.2, -0.15) is 0 Å². The minimum absolute atomic E-state index is 0.622. The van der Waals surface area contributed by atoms with E-state index in [-0.39, 0.29) is 0 Å². The van der Waals surface area contributed by atoms with Crippen LogP contribution in [0.3, 0.4) is 0 Å². The second-order valence-corrected chi connectivity index (χ2v) is 12.2. The number of aromatic amines is 1. The van der Waals surface area contributed by atoms with Gasteiger partial charge in [-0.3, -0.25) is 0 Å². The Morgan fingerprint density at radius 3 is 1.27 bits per heavy atom. The monoisotopic (exact) mass is 518 g/mol. The summed E-state index contributed by atoms with van der Waals surface area (Å²) in [7, 11) is 0. The molecule has 37 heavy (non-hydrogen) atoms. The van der Waals surface area contributed by atoms with Gasteiger partial charge in [0, 0.05) is 0 Å². The standard InChI is InChI=1S/C35H68N2/c1-5-8-11-14-17-20-22-25-28-33(4)37-32-31-36-35(37)34(29-26-23-19-16-13-10-7-3)30-27-24-21-18-15-12-9-6-2/h31-34H,5-30H2,1-4H3/p+1. The third-order valence-electron chi connectivity index (χ3n) is 8.64. The topological polar surface area (TPSA) is 19.7 Å². The van der Waals surface area contributed by atoms with Gasteiger partial charge in [0.25, 0.3) is 5.82 Å². The Morgan fingerprint density at radius 1 is 0.514 bits per heavy atom. The lowest BCUT2D eigenvalue weighted by Gasteiger charge is -2.17. The van der Waals surface area contributed by atoms with Crippen molar-refractivity contribution in [3.05, 3.63) is 18.2 Å². The van der Waals surface area contributed by atoms with Crippen molar-refractivity contribution in [1.29, 1.82) is 0 Å². The third-order valence-corrected chi connectivity index (χ3v) is 8.64. The largest absolute Gasteiger partial charge is 0.257 e. The Bertz CT molecular complexity index is 578. The number of unbranched alkanes of at least 4 members (excludes halogenated alkanes) is 20. The summed E-state index contributed by atoms with van der Waals surface area (Å²) < 4.78 is 2.62. The van der Waals surface area contributed by atoms with E-state index in [0.717, 1.165) is 0 Å². The van der Waals surface area contributed by atoms with Gasteiger partial charge in [-0.25, -0.2) is 9.55 Å². The van der Waals surface area contributed by atoms with E-state index in [1.165, 1.54) is 173 Å². The van der Waals surface area contributed by atoms with Gasteiger partial charge in [-0.05, 0) is 32.6 Å². The predicted octanol–water partition coefficient (Wildman–Crippen LogP) is 12.1. The molecular formula is C35H69N2+. The van der Waals surface area contributed by atoms with Gasteiger partial charge in [0.2, 0.25) is 0 Å². The van der Waals surface area contributed by atoms with E-state index < -0.39 is 0 Å². The van der Waals surface area contributed by atoms with Crippen LogP contribution in [0.4, 0.5) is 0 Å². The van der Waals surface area contributed by atoms with Crippen LogP contribution in [0.25, 0.3) is 0 Å². The first kappa shape index (κ1) is 34.2. The Morgan fingerprint density at radius 2 is 0.865 bits per heavy atom. The highest BCUT2D eigenvalue weighted by Gasteiger charge is 2.25. The number of hydrogen-bond donors (Lipinski definition) is 1. The van der Waals surface area contributed by atoms with Crippen molar-refractivity contribution in [3.8, 4) is 0 Å². The Balaban J connectivity index is 2.48. The smallest absolute Gasteiger partial charge is 0.247 e. The zero-order valence-electron chi connectivity index (χ0n) is 26.1. The fourth-order valence-corrected chi connectivity index (χ4v) is 6.07. The number of rotatable bonds is 28. The molecule has 2 nitrogen and oxygen atoms in total. The lowest BCUT2D eigenvalue weighted by molar-refractivity contribution is -0.727. The maximum atomic E-state index is 3.72. The Labute approximate surface area is 234 Å². The highest BCUT2D eigenvalue weighted by Crippen LogP contribution is 2.27. The van der Waals surface area contributed by atoms with E-state index in [1.807, 2.05) is 0 Å². The number of aromatic nitrogens is 2. The van der Waals surface area contributed by atoms with Crippen molar-refractivity contribution >= 4 is 0 Å². The summed E-state index contributed by atoms with van der Waals surface area (Å²) in [5.74, 6) is 2.24. The van der Waals surface area contributed by atoms with Crippen molar-refractivity contribution in [2.24, 2.45) is 0 Å². The summed E-state index contributed by atoms with van der Waals surface area (Å²) >= 11 is 0. The van der Waals surface area contributed by atoms with E-state index in [2.05, 4.69) is 49.6 Å². The van der Waals surface area contributed by atoms with Crippen LogP contribution in [0.1, 0.15) is 212 Å². The molecule has 0 saturated carbocycles. The average Bonchev–Trinajstić information content (AvgIpc) is 3.40. The van der Waals surface area contributed by atoms with Crippen LogP contribution < -0.4 is 4.57 Å². The maximum Gasteiger partial charge on any atom is 0.257 e. The minimum Gasteiger partial charge on any atom is -0.247 e. The zero-order chi connectivity index (χ0) is 26.8. The summed E-state index contributed by atoms with van der Waals surface area (Å²) in [6.45, 7) is 9.40. The normalized spacial score (nSPS) is 13.3. The summed E-state index contributed by atoms with van der Waals surface area (Å²) in [4.78, 5) is 3.72. The van der Waals surface area contributed by atoms with Crippen molar-refractivity contribution in [3.63, 3.8) is 0 Å². The van der Waals surface area contributed by atoms with Crippen molar-refractivity contribution in [1.82, 2.24) is 4.98 Å². The molecule has 1 heterocycles. The first-order valence-electron chi connectivity index (χ1n) is 17.3. The zero-order valence-corrected chi connectivity index (χ0v) is 26.1. The summed E-state index contributed by atoms with van der Waals surface area (Å²) in [5.41, 5.74) is 0. The van der Waals surface area contributed by atoms with Gasteiger partial charge in [0.05, 0.1) is 12.0 Å². The molecule has 2 heteroatoms. The van der Waals surface area contributed by atoms with Crippen molar-refractivity contribution in [2.75, 3.05) is 0 Å². The molecule has 2 unspecified atom stereocenters. The van der Waals surface area contributed by atoms with E-state index in [4.69, 9.17) is 0 Å². The SMILES string of the molecule is CCCCCCCCCCC(CCCCCCCCC)c1[nH]cc[n+]1C(C)CCCCCCCCCC. The highest BCUT2D eigenvalue weighted by molar-refractivity contribution is 4.90. The molecule has 0 bridgehead atoms. The molecule has 0 aromatic carbocycles. The summed E-state index contributed by atoms with van der Waals surface area (Å²) in [5, 5.41) is 0. The molecule has 1 N–H and O–H groups in total. The number of hydrogen-bond acceptors (Lipinski definition) is 0. The number of nitrogens with one attached hydrogen (secondary N) is 1. The van der Waals surface area contributed by atoms with Crippen molar-refractivity contribution < 1.29 is 4.57 Å². The van der Waals surface area contributed by atoms with Gasteiger partial charge in [-0.15, -0.1) is 0 Å². The van der Waals surface area contributed by atoms with E-state index in [9.17, 15) is 0 Å². The number of H-pyrrole nitrogens is 1. The molecule has 0 radical (unpaired) electrons. The van der Waals surface area contributed by atoms with Crippen LogP contribution >= 0.6 is 0 Å². The van der Waals surface area contributed by atoms with Gasteiger partial charge in [-0.1, -0.05) is 162 Å². The van der Waals surface area contributed by atoms with Crippen LogP contribution in [0.5, 0.6) is 0 Å².